The van der Waals surface area contributed by atoms with Crippen molar-refractivity contribution in [2.45, 2.75) is 72.4 Å². The van der Waals surface area contributed by atoms with Crippen LogP contribution in [0, 0.1) is 0 Å². The van der Waals surface area contributed by atoms with Crippen LogP contribution in [0.15, 0.2) is 4.99 Å². The number of nitrogens with one attached hydrogen (secondary N) is 2. The van der Waals surface area contributed by atoms with Gasteiger partial charge in [0.25, 0.3) is 0 Å². The van der Waals surface area contributed by atoms with E-state index in [9.17, 15) is 9.59 Å². The first-order valence-corrected chi connectivity index (χ1v) is 11.1. The maximum absolute atomic E-state index is 12.4. The van der Waals surface area contributed by atoms with Crippen LogP contribution in [0.25, 0.3) is 0 Å². The van der Waals surface area contributed by atoms with Crippen molar-refractivity contribution in [1.82, 2.24) is 20.4 Å². The van der Waals surface area contributed by atoms with Gasteiger partial charge in [0, 0.05) is 38.8 Å². The van der Waals surface area contributed by atoms with Crippen molar-refractivity contribution in [2.75, 3.05) is 45.9 Å². The Morgan fingerprint density at radius 2 is 1.80 bits per heavy atom. The van der Waals surface area contributed by atoms with Gasteiger partial charge in [-0.1, -0.05) is 6.92 Å². The number of likely N-dealkylation sites (tertiary alicyclic amines) is 1. The number of carbonyl (C=O) groups excluding carboxylic acids is 2. The lowest BCUT2D eigenvalue weighted by Gasteiger charge is -2.32. The van der Waals surface area contributed by atoms with Crippen molar-refractivity contribution in [2.24, 2.45) is 4.99 Å². The maximum Gasteiger partial charge on any atom is 0.410 e. The lowest BCUT2D eigenvalue weighted by atomic mass is 10.1. The normalized spacial score (nSPS) is 15.5. The van der Waals surface area contributed by atoms with Gasteiger partial charge < -0.3 is 29.9 Å². The molecular formula is C21H41N5O4. The van der Waals surface area contributed by atoms with Crippen molar-refractivity contribution in [3.05, 3.63) is 0 Å². The highest BCUT2D eigenvalue weighted by Crippen LogP contribution is 2.12. The van der Waals surface area contributed by atoms with Crippen LogP contribution in [0.4, 0.5) is 9.59 Å². The van der Waals surface area contributed by atoms with Crippen molar-refractivity contribution < 1.29 is 19.1 Å². The molecule has 0 spiro atoms. The predicted molar refractivity (Wildman–Crippen MR) is 119 cm³/mol. The summed E-state index contributed by atoms with van der Waals surface area (Å²) in [5.41, 5.74) is -0.513. The van der Waals surface area contributed by atoms with E-state index in [1.54, 1.807) is 9.80 Å². The van der Waals surface area contributed by atoms with E-state index >= 15 is 0 Å². The Morgan fingerprint density at radius 3 is 2.33 bits per heavy atom. The molecule has 0 saturated carbocycles. The molecule has 0 aromatic heterocycles. The second-order valence-corrected chi connectivity index (χ2v) is 8.33. The van der Waals surface area contributed by atoms with Crippen LogP contribution in [0.1, 0.15) is 60.8 Å². The van der Waals surface area contributed by atoms with E-state index in [1.165, 1.54) is 0 Å². The van der Waals surface area contributed by atoms with Gasteiger partial charge in [-0.15, -0.1) is 0 Å². The lowest BCUT2D eigenvalue weighted by molar-refractivity contribution is 0.0255. The van der Waals surface area contributed by atoms with E-state index in [1.807, 2.05) is 41.5 Å². The summed E-state index contributed by atoms with van der Waals surface area (Å²) in [7, 11) is 0. The van der Waals surface area contributed by atoms with Gasteiger partial charge in [0.15, 0.2) is 5.96 Å². The van der Waals surface area contributed by atoms with Crippen LogP contribution < -0.4 is 10.6 Å². The number of rotatable bonds is 8. The summed E-state index contributed by atoms with van der Waals surface area (Å²) in [6.45, 7) is 15.6. The SMILES string of the molecule is CCCN(CCN=C(NCC)NC1CCN(C(=O)OCC)CC1)C(=O)OC(C)(C)C. The number of piperidine rings is 1. The Balaban J connectivity index is 2.56. The zero-order chi connectivity index (χ0) is 22.6. The first kappa shape index (κ1) is 25.8. The topological polar surface area (TPSA) is 95.5 Å². The summed E-state index contributed by atoms with van der Waals surface area (Å²) >= 11 is 0. The minimum atomic E-state index is -0.513. The average molecular weight is 428 g/mol. The summed E-state index contributed by atoms with van der Waals surface area (Å²) in [6.07, 6.45) is 1.99. The van der Waals surface area contributed by atoms with Crippen molar-refractivity contribution in [1.29, 1.82) is 0 Å². The van der Waals surface area contributed by atoms with Gasteiger partial charge in [0.05, 0.1) is 13.2 Å². The van der Waals surface area contributed by atoms with Gasteiger partial charge in [0.2, 0.25) is 0 Å². The van der Waals surface area contributed by atoms with E-state index < -0.39 is 5.60 Å². The molecule has 0 aliphatic carbocycles. The number of amides is 2. The van der Waals surface area contributed by atoms with Crippen LogP contribution in [0.2, 0.25) is 0 Å². The summed E-state index contributed by atoms with van der Waals surface area (Å²) in [5, 5.41) is 6.70. The molecule has 1 rings (SSSR count). The molecule has 9 nitrogen and oxygen atoms in total. The number of aliphatic imine (C=N–C) groups is 1. The second-order valence-electron chi connectivity index (χ2n) is 8.33. The lowest BCUT2D eigenvalue weighted by Crippen LogP contribution is -2.50. The minimum Gasteiger partial charge on any atom is -0.450 e. The van der Waals surface area contributed by atoms with Gasteiger partial charge >= 0.3 is 12.2 Å². The molecule has 1 aliphatic rings. The van der Waals surface area contributed by atoms with Gasteiger partial charge in [-0.2, -0.15) is 0 Å². The fourth-order valence-corrected chi connectivity index (χ4v) is 3.11. The van der Waals surface area contributed by atoms with E-state index in [-0.39, 0.29) is 18.2 Å². The number of carbonyl (C=O) groups is 2. The molecule has 0 unspecified atom stereocenters. The molecule has 30 heavy (non-hydrogen) atoms. The smallest absolute Gasteiger partial charge is 0.410 e. The van der Waals surface area contributed by atoms with Crippen LogP contribution in [-0.2, 0) is 9.47 Å². The first-order chi connectivity index (χ1) is 14.2. The monoisotopic (exact) mass is 427 g/mol. The Morgan fingerprint density at radius 1 is 1.13 bits per heavy atom. The minimum absolute atomic E-state index is 0.241. The molecule has 2 N–H and O–H groups in total. The molecular weight excluding hydrogens is 386 g/mol. The van der Waals surface area contributed by atoms with E-state index in [2.05, 4.69) is 15.6 Å². The molecule has 1 fully saturated rings. The van der Waals surface area contributed by atoms with E-state index in [0.29, 0.717) is 39.3 Å². The Labute approximate surface area is 181 Å². The molecule has 0 aromatic rings. The molecule has 1 saturated heterocycles. The molecule has 1 heterocycles. The fourth-order valence-electron chi connectivity index (χ4n) is 3.11. The molecule has 1 aliphatic heterocycles. The molecule has 0 bridgehead atoms. The Kier molecular flexibility index (Phi) is 11.4. The highest BCUT2D eigenvalue weighted by atomic mass is 16.6. The van der Waals surface area contributed by atoms with Crippen LogP contribution in [-0.4, -0.2) is 85.5 Å². The van der Waals surface area contributed by atoms with Crippen LogP contribution in [0.3, 0.4) is 0 Å². The first-order valence-electron chi connectivity index (χ1n) is 11.1. The summed E-state index contributed by atoms with van der Waals surface area (Å²) < 4.78 is 10.6. The van der Waals surface area contributed by atoms with Crippen molar-refractivity contribution >= 4 is 18.1 Å². The number of hydrogen-bond donors (Lipinski definition) is 2. The fraction of sp³-hybridized carbons (Fsp3) is 0.857. The highest BCUT2D eigenvalue weighted by molar-refractivity contribution is 5.80. The van der Waals surface area contributed by atoms with Gasteiger partial charge in [-0.3, -0.25) is 4.99 Å². The van der Waals surface area contributed by atoms with Gasteiger partial charge in [0.1, 0.15) is 5.60 Å². The van der Waals surface area contributed by atoms with E-state index in [4.69, 9.17) is 9.47 Å². The van der Waals surface area contributed by atoms with Gasteiger partial charge in [-0.25, -0.2) is 9.59 Å². The number of guanidine groups is 1. The third-order valence-electron chi connectivity index (χ3n) is 4.49. The highest BCUT2D eigenvalue weighted by Gasteiger charge is 2.24. The number of ether oxygens (including phenoxy) is 2. The van der Waals surface area contributed by atoms with Crippen LogP contribution >= 0.6 is 0 Å². The maximum atomic E-state index is 12.4. The standard InChI is InChI=1S/C21H41N5O4/c1-7-13-25(20(28)30-21(4,5)6)16-12-23-18(22-8-2)24-17-10-14-26(15-11-17)19(27)29-9-3/h17H,7-16H2,1-6H3,(H2,22,23,24). The van der Waals surface area contributed by atoms with Crippen molar-refractivity contribution in [3.8, 4) is 0 Å². The molecule has 0 aromatic carbocycles. The zero-order valence-electron chi connectivity index (χ0n) is 19.6. The number of nitrogens with zero attached hydrogens (tertiary/aromatic N) is 3. The summed E-state index contributed by atoms with van der Waals surface area (Å²) in [5.74, 6) is 0.729. The second kappa shape index (κ2) is 13.2. The third-order valence-corrected chi connectivity index (χ3v) is 4.49. The number of hydrogen-bond acceptors (Lipinski definition) is 5. The molecule has 174 valence electrons. The zero-order valence-corrected chi connectivity index (χ0v) is 19.6. The Bertz CT molecular complexity index is 554. The van der Waals surface area contributed by atoms with Crippen LogP contribution in [0.5, 0.6) is 0 Å². The predicted octanol–water partition coefficient (Wildman–Crippen LogP) is 2.81. The summed E-state index contributed by atoms with van der Waals surface area (Å²) in [4.78, 5) is 32.3. The molecule has 0 atom stereocenters. The largest absolute Gasteiger partial charge is 0.450 e. The molecule has 0 radical (unpaired) electrons. The average Bonchev–Trinajstić information content (AvgIpc) is 2.66. The quantitative estimate of drug-likeness (QED) is 0.457. The summed E-state index contributed by atoms with van der Waals surface area (Å²) in [6, 6.07) is 0.242. The molecule has 2 amide bonds. The van der Waals surface area contributed by atoms with E-state index in [0.717, 1.165) is 31.8 Å². The molecule has 9 heteroatoms. The third kappa shape index (κ3) is 10.0. The van der Waals surface area contributed by atoms with Gasteiger partial charge in [-0.05, 0) is 53.9 Å². The Hall–Kier alpha value is -2.19. The van der Waals surface area contributed by atoms with Crippen molar-refractivity contribution in [3.63, 3.8) is 0 Å².